The van der Waals surface area contributed by atoms with Crippen LogP contribution >= 0.6 is 0 Å². The molecule has 2 heterocycles. The van der Waals surface area contributed by atoms with E-state index in [2.05, 4.69) is 147 Å². The summed E-state index contributed by atoms with van der Waals surface area (Å²) in [6, 6.07) is 51.0. The number of hydrogen-bond donors (Lipinski definition) is 0. The zero-order chi connectivity index (χ0) is 30.8. The minimum absolute atomic E-state index is 0.123. The van der Waals surface area contributed by atoms with Crippen molar-refractivity contribution in [1.82, 2.24) is 9.97 Å². The van der Waals surface area contributed by atoms with Gasteiger partial charge in [0.05, 0.1) is 11.4 Å². The summed E-state index contributed by atoms with van der Waals surface area (Å²) >= 11 is 0. The first kappa shape index (κ1) is 26.6. The van der Waals surface area contributed by atoms with Crippen LogP contribution in [0.3, 0.4) is 0 Å². The van der Waals surface area contributed by atoms with Crippen molar-refractivity contribution in [2.75, 3.05) is 0 Å². The summed E-state index contributed by atoms with van der Waals surface area (Å²) in [5.41, 5.74) is 13.7. The van der Waals surface area contributed by atoms with Gasteiger partial charge in [-0.1, -0.05) is 141 Å². The maximum absolute atomic E-state index is 6.51. The van der Waals surface area contributed by atoms with E-state index >= 15 is 0 Å². The van der Waals surface area contributed by atoms with Gasteiger partial charge in [-0.25, -0.2) is 9.97 Å². The summed E-state index contributed by atoms with van der Waals surface area (Å²) < 4.78 is 6.51. The highest BCUT2D eigenvalue weighted by Crippen LogP contribution is 2.52. The molecular weight excluding hydrogens is 560 g/mol. The summed E-state index contributed by atoms with van der Waals surface area (Å²) in [6.45, 7) is 4.62. The number of para-hydroxylation sites is 2. The Morgan fingerprint density at radius 2 is 1.07 bits per heavy atom. The lowest BCUT2D eigenvalue weighted by atomic mass is 9.82. The van der Waals surface area contributed by atoms with Crippen molar-refractivity contribution in [2.45, 2.75) is 19.3 Å². The van der Waals surface area contributed by atoms with E-state index in [9.17, 15) is 0 Å². The number of furan rings is 1. The second-order valence-corrected chi connectivity index (χ2v) is 12.6. The second kappa shape index (κ2) is 10.1. The Bertz CT molecular complexity index is 2450. The van der Waals surface area contributed by atoms with Crippen LogP contribution in [0.15, 0.2) is 150 Å². The highest BCUT2D eigenvalue weighted by Gasteiger charge is 2.37. The summed E-state index contributed by atoms with van der Waals surface area (Å²) in [5, 5.41) is 2.18. The van der Waals surface area contributed by atoms with E-state index in [1.807, 2.05) is 12.1 Å². The monoisotopic (exact) mass is 590 g/mol. The molecule has 0 saturated heterocycles. The van der Waals surface area contributed by atoms with E-state index < -0.39 is 0 Å². The molecule has 0 unspecified atom stereocenters. The van der Waals surface area contributed by atoms with Gasteiger partial charge in [0.1, 0.15) is 11.2 Å². The molecule has 2 aromatic heterocycles. The fourth-order valence-corrected chi connectivity index (χ4v) is 7.31. The van der Waals surface area contributed by atoms with Crippen LogP contribution in [0.5, 0.6) is 0 Å². The Morgan fingerprint density at radius 3 is 1.91 bits per heavy atom. The van der Waals surface area contributed by atoms with Gasteiger partial charge < -0.3 is 4.42 Å². The van der Waals surface area contributed by atoms with Crippen molar-refractivity contribution in [2.24, 2.45) is 0 Å². The zero-order valence-electron chi connectivity index (χ0n) is 25.7. The highest BCUT2D eigenvalue weighted by molar-refractivity contribution is 6.09. The molecule has 9 rings (SSSR count). The third-order valence-electron chi connectivity index (χ3n) is 9.54. The third kappa shape index (κ3) is 3.98. The maximum atomic E-state index is 6.51. The standard InChI is InChI=1S/C43H30N2O/c1-43(2)35-23-10-8-19-32(35)40-34(22-13-24-36(40)43)42-44-37(29-17-7-6-16-28(29)27-14-4-3-5-15-27)26-38(45-42)33-21-12-20-31-30-18-9-11-25-39(30)46-41(31)33/h3-26H,1-2H3. The average molecular weight is 591 g/mol. The van der Waals surface area contributed by atoms with Gasteiger partial charge in [0.2, 0.25) is 0 Å². The second-order valence-electron chi connectivity index (χ2n) is 12.6. The molecule has 3 nitrogen and oxygen atoms in total. The summed E-state index contributed by atoms with van der Waals surface area (Å²) in [7, 11) is 0. The van der Waals surface area contributed by atoms with Gasteiger partial charge >= 0.3 is 0 Å². The van der Waals surface area contributed by atoms with Gasteiger partial charge in [0.25, 0.3) is 0 Å². The van der Waals surface area contributed by atoms with Crippen LogP contribution in [0.1, 0.15) is 25.0 Å². The minimum atomic E-state index is -0.123. The zero-order valence-corrected chi connectivity index (χ0v) is 25.7. The van der Waals surface area contributed by atoms with Gasteiger partial charge in [0.15, 0.2) is 5.82 Å². The number of fused-ring (bicyclic) bond motifs is 6. The summed E-state index contributed by atoms with van der Waals surface area (Å²) in [4.78, 5) is 10.7. The molecule has 1 aliphatic carbocycles. The Balaban J connectivity index is 1.35. The molecule has 1 aliphatic rings. The van der Waals surface area contributed by atoms with Crippen LogP contribution in [-0.2, 0) is 5.41 Å². The Morgan fingerprint density at radius 1 is 0.478 bits per heavy atom. The van der Waals surface area contributed by atoms with Gasteiger partial charge in [-0.15, -0.1) is 0 Å². The molecule has 0 amide bonds. The molecule has 0 spiro atoms. The van der Waals surface area contributed by atoms with Crippen molar-refractivity contribution in [3.8, 4) is 56.2 Å². The molecule has 0 fully saturated rings. The van der Waals surface area contributed by atoms with Crippen LogP contribution in [0.4, 0.5) is 0 Å². The van der Waals surface area contributed by atoms with Crippen molar-refractivity contribution in [1.29, 1.82) is 0 Å². The number of hydrogen-bond acceptors (Lipinski definition) is 3. The first-order valence-corrected chi connectivity index (χ1v) is 15.8. The van der Waals surface area contributed by atoms with Crippen LogP contribution in [-0.4, -0.2) is 9.97 Å². The van der Waals surface area contributed by atoms with Crippen molar-refractivity contribution >= 4 is 21.9 Å². The number of nitrogens with zero attached hydrogens (tertiary/aromatic N) is 2. The quantitative estimate of drug-likeness (QED) is 0.205. The van der Waals surface area contributed by atoms with E-state index in [4.69, 9.17) is 14.4 Å². The van der Waals surface area contributed by atoms with Crippen LogP contribution in [0.2, 0.25) is 0 Å². The van der Waals surface area contributed by atoms with E-state index in [0.29, 0.717) is 5.82 Å². The van der Waals surface area contributed by atoms with Gasteiger partial charge in [0, 0.05) is 32.9 Å². The molecule has 8 aromatic rings. The first-order valence-electron chi connectivity index (χ1n) is 15.8. The van der Waals surface area contributed by atoms with E-state index in [0.717, 1.165) is 61.1 Å². The smallest absolute Gasteiger partial charge is 0.161 e. The number of benzene rings is 6. The van der Waals surface area contributed by atoms with Gasteiger partial charge in [-0.3, -0.25) is 0 Å². The average Bonchev–Trinajstić information content (AvgIpc) is 3.61. The minimum Gasteiger partial charge on any atom is -0.455 e. The van der Waals surface area contributed by atoms with Gasteiger partial charge in [-0.05, 0) is 51.6 Å². The third-order valence-corrected chi connectivity index (χ3v) is 9.54. The van der Waals surface area contributed by atoms with Crippen LogP contribution in [0.25, 0.3) is 78.1 Å². The normalized spacial score (nSPS) is 13.2. The molecule has 46 heavy (non-hydrogen) atoms. The largest absolute Gasteiger partial charge is 0.455 e. The van der Waals surface area contributed by atoms with E-state index in [1.165, 1.54) is 22.3 Å². The molecule has 0 N–H and O–H groups in total. The molecule has 0 aliphatic heterocycles. The Hall–Kier alpha value is -5.80. The van der Waals surface area contributed by atoms with E-state index in [1.54, 1.807) is 0 Å². The highest BCUT2D eigenvalue weighted by atomic mass is 16.3. The Labute approximate surface area is 267 Å². The molecule has 0 radical (unpaired) electrons. The molecule has 0 atom stereocenters. The van der Waals surface area contributed by atoms with Crippen molar-refractivity contribution in [3.63, 3.8) is 0 Å². The number of rotatable bonds is 4. The lowest BCUT2D eigenvalue weighted by Gasteiger charge is -2.21. The molecule has 218 valence electrons. The van der Waals surface area contributed by atoms with Crippen molar-refractivity contribution < 1.29 is 4.42 Å². The summed E-state index contributed by atoms with van der Waals surface area (Å²) in [5.74, 6) is 0.702. The lowest BCUT2D eigenvalue weighted by molar-refractivity contribution is 0.660. The molecule has 0 bridgehead atoms. The van der Waals surface area contributed by atoms with E-state index in [-0.39, 0.29) is 5.41 Å². The lowest BCUT2D eigenvalue weighted by Crippen LogP contribution is -2.14. The SMILES string of the molecule is CC1(C)c2ccccc2-c2c(-c3nc(-c4ccccc4-c4ccccc4)cc(-c4cccc5c4oc4ccccc45)n3)cccc21. The van der Waals surface area contributed by atoms with Crippen molar-refractivity contribution in [3.05, 3.63) is 157 Å². The van der Waals surface area contributed by atoms with Crippen LogP contribution < -0.4 is 0 Å². The fourth-order valence-electron chi connectivity index (χ4n) is 7.31. The molecular formula is C43H30N2O. The summed E-state index contributed by atoms with van der Waals surface area (Å²) in [6.07, 6.45) is 0. The first-order chi connectivity index (χ1) is 22.6. The van der Waals surface area contributed by atoms with Crippen LogP contribution in [0, 0.1) is 0 Å². The predicted octanol–water partition coefficient (Wildman–Crippen LogP) is 11.4. The molecule has 6 aromatic carbocycles. The fraction of sp³-hybridized carbons (Fsp3) is 0.0698. The molecule has 0 saturated carbocycles. The Kier molecular flexibility index (Phi) is 5.85. The molecule has 3 heteroatoms. The number of aromatic nitrogens is 2. The maximum Gasteiger partial charge on any atom is 0.161 e. The topological polar surface area (TPSA) is 38.9 Å². The predicted molar refractivity (Wildman–Crippen MR) is 189 cm³/mol. The van der Waals surface area contributed by atoms with Gasteiger partial charge in [-0.2, -0.15) is 0 Å².